The molecule has 1 atom stereocenters. The zero-order valence-corrected chi connectivity index (χ0v) is 10.8. The number of fused-ring (bicyclic) bond motifs is 1. The van der Waals surface area contributed by atoms with E-state index in [0.29, 0.717) is 18.3 Å². The number of hydrogen-bond acceptors (Lipinski definition) is 3. The largest absolute Gasteiger partial charge is 0.491 e. The van der Waals surface area contributed by atoms with Crippen molar-refractivity contribution in [3.8, 4) is 5.75 Å². The highest BCUT2D eigenvalue weighted by molar-refractivity contribution is 6.29. The molecule has 0 radical (unpaired) electrons. The fourth-order valence-electron chi connectivity index (χ4n) is 2.13. The summed E-state index contributed by atoms with van der Waals surface area (Å²) in [6.07, 6.45) is 1.66. The third kappa shape index (κ3) is 1.98. The predicted octanol–water partition coefficient (Wildman–Crippen LogP) is 2.30. The number of para-hydroxylation sites is 1. The van der Waals surface area contributed by atoms with Crippen LogP contribution in [0.25, 0.3) is 0 Å². The molecule has 1 aliphatic heterocycles. The molecule has 94 valence electrons. The van der Waals surface area contributed by atoms with Crippen molar-refractivity contribution < 1.29 is 4.74 Å². The summed E-state index contributed by atoms with van der Waals surface area (Å²) in [4.78, 5) is 4.26. The van der Waals surface area contributed by atoms with Crippen molar-refractivity contribution in [1.29, 1.82) is 0 Å². The van der Waals surface area contributed by atoms with E-state index in [1.165, 1.54) is 5.56 Å². The summed E-state index contributed by atoms with van der Waals surface area (Å²) in [7, 11) is 1.91. The van der Waals surface area contributed by atoms with Gasteiger partial charge in [0, 0.05) is 12.6 Å². The first kappa shape index (κ1) is 11.6. The van der Waals surface area contributed by atoms with Gasteiger partial charge < -0.3 is 9.30 Å². The second-order valence-electron chi connectivity index (χ2n) is 4.34. The van der Waals surface area contributed by atoms with Crippen molar-refractivity contribution in [2.45, 2.75) is 12.6 Å². The van der Waals surface area contributed by atoms with Gasteiger partial charge in [0.15, 0.2) is 0 Å². The number of nitrogens with zero attached hydrogens (tertiary/aromatic N) is 2. The smallest absolute Gasteiger partial charge is 0.128 e. The van der Waals surface area contributed by atoms with Gasteiger partial charge in [-0.05, 0) is 6.07 Å². The van der Waals surface area contributed by atoms with Crippen LogP contribution in [-0.2, 0) is 13.6 Å². The summed E-state index contributed by atoms with van der Waals surface area (Å²) in [6, 6.07) is 8.32. The number of nitrogens with one attached hydrogen (secondary N) is 1. The molecule has 0 saturated heterocycles. The molecule has 4 nitrogen and oxygen atoms in total. The van der Waals surface area contributed by atoms with Crippen molar-refractivity contribution >= 4 is 11.6 Å². The third-order valence-electron chi connectivity index (χ3n) is 3.23. The number of aromatic nitrogens is 2. The van der Waals surface area contributed by atoms with E-state index in [-0.39, 0.29) is 6.04 Å². The predicted molar refractivity (Wildman–Crippen MR) is 69.7 cm³/mol. The zero-order valence-electron chi connectivity index (χ0n) is 10.1. The molecule has 5 heteroatoms. The molecule has 3 rings (SSSR count). The van der Waals surface area contributed by atoms with Gasteiger partial charge in [0.05, 0.1) is 18.8 Å². The first-order valence-electron chi connectivity index (χ1n) is 5.87. The average molecular weight is 264 g/mol. The lowest BCUT2D eigenvalue weighted by Crippen LogP contribution is -2.23. The van der Waals surface area contributed by atoms with Gasteiger partial charge in [-0.15, -0.1) is 0 Å². The Balaban J connectivity index is 1.70. The monoisotopic (exact) mass is 263 g/mol. The maximum absolute atomic E-state index is 5.95. The molecule has 1 N–H and O–H groups in total. The summed E-state index contributed by atoms with van der Waals surface area (Å²) >= 11 is 5.95. The van der Waals surface area contributed by atoms with Gasteiger partial charge in [0.2, 0.25) is 0 Å². The minimum atomic E-state index is 0.219. The molecule has 18 heavy (non-hydrogen) atoms. The lowest BCUT2D eigenvalue weighted by atomic mass is 10.1. The fourth-order valence-corrected chi connectivity index (χ4v) is 2.28. The topological polar surface area (TPSA) is 39.1 Å². The second kappa shape index (κ2) is 4.63. The van der Waals surface area contributed by atoms with E-state index in [4.69, 9.17) is 16.3 Å². The van der Waals surface area contributed by atoms with Gasteiger partial charge in [-0.25, -0.2) is 4.98 Å². The van der Waals surface area contributed by atoms with E-state index in [0.717, 1.165) is 11.6 Å². The van der Waals surface area contributed by atoms with Gasteiger partial charge in [0.1, 0.15) is 23.3 Å². The number of rotatable bonds is 3. The average Bonchev–Trinajstić information content (AvgIpc) is 2.94. The molecule has 1 aromatic heterocycles. The van der Waals surface area contributed by atoms with Crippen LogP contribution in [0.3, 0.4) is 0 Å². The van der Waals surface area contributed by atoms with Crippen LogP contribution < -0.4 is 10.1 Å². The molecule has 0 saturated carbocycles. The molecule has 0 amide bonds. The van der Waals surface area contributed by atoms with E-state index < -0.39 is 0 Å². The molecule has 1 unspecified atom stereocenters. The van der Waals surface area contributed by atoms with Crippen LogP contribution in [0.4, 0.5) is 0 Å². The van der Waals surface area contributed by atoms with Crippen LogP contribution in [0.5, 0.6) is 5.75 Å². The molecule has 0 spiro atoms. The maximum Gasteiger partial charge on any atom is 0.128 e. The van der Waals surface area contributed by atoms with Crippen molar-refractivity contribution in [2.75, 3.05) is 6.61 Å². The summed E-state index contributed by atoms with van der Waals surface area (Å²) in [5.74, 6) is 1.89. The molecule has 0 aliphatic carbocycles. The number of hydrogen-bond donors (Lipinski definition) is 1. The highest BCUT2D eigenvalue weighted by Gasteiger charge is 2.23. The molecule has 2 aromatic rings. The van der Waals surface area contributed by atoms with E-state index in [1.807, 2.05) is 29.8 Å². The molecule has 0 bridgehead atoms. The van der Waals surface area contributed by atoms with Gasteiger partial charge in [-0.2, -0.15) is 0 Å². The fraction of sp³-hybridized carbons (Fsp3) is 0.308. The molecule has 1 aliphatic rings. The number of benzene rings is 1. The standard InChI is InChI=1S/C13H14ClN3O/c1-17-12(14)6-16-13(17)7-15-10-8-18-11-5-3-2-4-9(10)11/h2-6,10,15H,7-8H2,1H3. The van der Waals surface area contributed by atoms with E-state index >= 15 is 0 Å². The number of imidazole rings is 1. The molecule has 2 heterocycles. The van der Waals surface area contributed by atoms with E-state index in [1.54, 1.807) is 6.20 Å². The van der Waals surface area contributed by atoms with E-state index in [9.17, 15) is 0 Å². The SMILES string of the molecule is Cn1c(Cl)cnc1CNC1COc2ccccc21. The van der Waals surface area contributed by atoms with Crippen molar-refractivity contribution in [2.24, 2.45) is 7.05 Å². The minimum Gasteiger partial charge on any atom is -0.491 e. The summed E-state index contributed by atoms with van der Waals surface area (Å²) in [5, 5.41) is 4.09. The highest BCUT2D eigenvalue weighted by atomic mass is 35.5. The van der Waals surface area contributed by atoms with Gasteiger partial charge >= 0.3 is 0 Å². The van der Waals surface area contributed by atoms with Crippen LogP contribution in [0.15, 0.2) is 30.5 Å². The van der Waals surface area contributed by atoms with Gasteiger partial charge in [-0.3, -0.25) is 5.32 Å². The first-order valence-corrected chi connectivity index (χ1v) is 6.24. The Bertz CT molecular complexity index is 567. The molecular weight excluding hydrogens is 250 g/mol. The normalized spacial score (nSPS) is 17.6. The highest BCUT2D eigenvalue weighted by Crippen LogP contribution is 2.31. The maximum atomic E-state index is 5.95. The Morgan fingerprint density at radius 2 is 2.33 bits per heavy atom. The van der Waals surface area contributed by atoms with Crippen LogP contribution in [0.2, 0.25) is 5.15 Å². The van der Waals surface area contributed by atoms with Crippen molar-refractivity contribution in [3.63, 3.8) is 0 Å². The van der Waals surface area contributed by atoms with Crippen LogP contribution >= 0.6 is 11.6 Å². The van der Waals surface area contributed by atoms with Gasteiger partial charge in [-0.1, -0.05) is 29.8 Å². The lowest BCUT2D eigenvalue weighted by molar-refractivity contribution is 0.309. The van der Waals surface area contributed by atoms with Crippen LogP contribution in [0, 0.1) is 0 Å². The Labute approximate surface area is 111 Å². The Kier molecular flexibility index (Phi) is 2.97. The first-order chi connectivity index (χ1) is 8.75. The summed E-state index contributed by atoms with van der Waals surface area (Å²) < 4.78 is 7.49. The van der Waals surface area contributed by atoms with Crippen molar-refractivity contribution in [3.05, 3.63) is 47.0 Å². The zero-order chi connectivity index (χ0) is 12.5. The van der Waals surface area contributed by atoms with E-state index in [2.05, 4.69) is 16.4 Å². The quantitative estimate of drug-likeness (QED) is 0.924. The number of halogens is 1. The van der Waals surface area contributed by atoms with Gasteiger partial charge in [0.25, 0.3) is 0 Å². The Morgan fingerprint density at radius 1 is 1.50 bits per heavy atom. The summed E-state index contributed by atoms with van der Waals surface area (Å²) in [6.45, 7) is 1.34. The second-order valence-corrected chi connectivity index (χ2v) is 4.73. The third-order valence-corrected chi connectivity index (χ3v) is 3.59. The molecule has 1 aromatic carbocycles. The lowest BCUT2D eigenvalue weighted by Gasteiger charge is -2.11. The van der Waals surface area contributed by atoms with Crippen molar-refractivity contribution in [1.82, 2.24) is 14.9 Å². The minimum absolute atomic E-state index is 0.219. The van der Waals surface area contributed by atoms with Crippen LogP contribution in [0.1, 0.15) is 17.4 Å². The Hall–Kier alpha value is -1.52. The number of ether oxygens (including phenoxy) is 1. The summed E-state index contributed by atoms with van der Waals surface area (Å²) in [5.41, 5.74) is 1.21. The molecule has 0 fully saturated rings. The van der Waals surface area contributed by atoms with Crippen LogP contribution in [-0.4, -0.2) is 16.2 Å². The molecular formula is C13H14ClN3O. The Morgan fingerprint density at radius 3 is 3.11 bits per heavy atom.